The molecule has 0 bridgehead atoms. The Labute approximate surface area is 116 Å². The lowest BCUT2D eigenvalue weighted by atomic mass is 9.93. The van der Waals surface area contributed by atoms with E-state index in [0.29, 0.717) is 18.8 Å². The largest absolute Gasteiger partial charge is 0.297 e. The van der Waals surface area contributed by atoms with E-state index in [-0.39, 0.29) is 6.42 Å². The van der Waals surface area contributed by atoms with E-state index in [4.69, 9.17) is 0 Å². The highest BCUT2D eigenvalue weighted by Crippen LogP contribution is 2.65. The van der Waals surface area contributed by atoms with Crippen LogP contribution in [0.2, 0.25) is 0 Å². The minimum absolute atomic E-state index is 0.101. The normalized spacial score (nSPS) is 25.1. The second-order valence-electron chi connectivity index (χ2n) is 6.14. The Balaban J connectivity index is 1.55. The molecule has 3 nitrogen and oxygen atoms in total. The van der Waals surface area contributed by atoms with Gasteiger partial charge in [-0.3, -0.25) is 4.90 Å². The lowest BCUT2D eigenvalue weighted by molar-refractivity contribution is 0.0300. The van der Waals surface area contributed by atoms with Crippen LogP contribution >= 0.6 is 11.5 Å². The molecule has 1 aliphatic heterocycles. The summed E-state index contributed by atoms with van der Waals surface area (Å²) in [6, 6.07) is 0. The summed E-state index contributed by atoms with van der Waals surface area (Å²) in [6.45, 7) is 6.42. The molecule has 1 aromatic rings. The maximum atomic E-state index is 13.3. The molecule has 0 unspecified atom stereocenters. The Morgan fingerprint density at radius 2 is 1.95 bits per heavy atom. The Kier molecular flexibility index (Phi) is 3.13. The molecule has 6 heteroatoms. The molecule has 106 valence electrons. The van der Waals surface area contributed by atoms with Gasteiger partial charge in [0.2, 0.25) is 0 Å². The molecule has 0 aromatic carbocycles. The second-order valence-corrected chi connectivity index (χ2v) is 6.98. The van der Waals surface area contributed by atoms with Crippen LogP contribution in [0.15, 0.2) is 0 Å². The number of alkyl halides is 2. The number of piperidine rings is 1. The monoisotopic (exact) mass is 287 g/mol. The van der Waals surface area contributed by atoms with Crippen molar-refractivity contribution in [1.82, 2.24) is 14.3 Å². The first-order valence-electron chi connectivity index (χ1n) is 6.85. The number of hydrogen-bond donors (Lipinski definition) is 0. The summed E-state index contributed by atoms with van der Waals surface area (Å²) < 4.78 is 30.9. The molecule has 2 aliphatic rings. The van der Waals surface area contributed by atoms with Crippen molar-refractivity contribution in [2.75, 3.05) is 13.1 Å². The van der Waals surface area contributed by atoms with Crippen LogP contribution in [0.4, 0.5) is 8.78 Å². The first-order chi connectivity index (χ1) is 8.92. The molecule has 2 fully saturated rings. The molecule has 0 radical (unpaired) electrons. The highest BCUT2D eigenvalue weighted by Gasteiger charge is 2.70. The molecule has 0 atom stereocenters. The summed E-state index contributed by atoms with van der Waals surface area (Å²) in [4.78, 5) is 6.73. The summed E-state index contributed by atoms with van der Waals surface area (Å²) in [5, 5.41) is 1.00. The Hall–Kier alpha value is -0.620. The number of hydrogen-bond acceptors (Lipinski definition) is 4. The van der Waals surface area contributed by atoms with Crippen molar-refractivity contribution in [3.05, 3.63) is 10.8 Å². The van der Waals surface area contributed by atoms with Crippen molar-refractivity contribution >= 4 is 11.5 Å². The van der Waals surface area contributed by atoms with Crippen molar-refractivity contribution in [3.63, 3.8) is 0 Å². The van der Waals surface area contributed by atoms with E-state index in [9.17, 15) is 8.78 Å². The fourth-order valence-electron chi connectivity index (χ4n) is 2.82. The van der Waals surface area contributed by atoms with Gasteiger partial charge in [-0.15, -0.1) is 0 Å². The fraction of sp³-hybridized carbons (Fsp3) is 0.846. The van der Waals surface area contributed by atoms with Crippen LogP contribution in [0.5, 0.6) is 0 Å². The van der Waals surface area contributed by atoms with Crippen LogP contribution in [-0.4, -0.2) is 33.3 Å². The predicted molar refractivity (Wildman–Crippen MR) is 70.5 cm³/mol. The molecule has 2 heterocycles. The standard InChI is InChI=1S/C13H19F2N3S/c1-9(2)11-16-10(19-17-11)7-18-5-3-12(4-6-18)8-13(12,14)15/h9H,3-8H2,1-2H3. The van der Waals surface area contributed by atoms with Gasteiger partial charge in [-0.1, -0.05) is 13.8 Å². The maximum Gasteiger partial charge on any atom is 0.254 e. The number of halogens is 2. The molecule has 1 aliphatic carbocycles. The number of likely N-dealkylation sites (tertiary alicyclic amines) is 1. The number of rotatable bonds is 3. The van der Waals surface area contributed by atoms with Crippen LogP contribution in [0, 0.1) is 5.41 Å². The highest BCUT2D eigenvalue weighted by molar-refractivity contribution is 7.05. The lowest BCUT2D eigenvalue weighted by Crippen LogP contribution is -2.36. The van der Waals surface area contributed by atoms with E-state index in [2.05, 4.69) is 28.1 Å². The van der Waals surface area contributed by atoms with E-state index in [1.165, 1.54) is 11.5 Å². The zero-order valence-corrected chi connectivity index (χ0v) is 12.1. The molecule has 1 aromatic heterocycles. The fourth-order valence-corrected chi connectivity index (χ4v) is 3.65. The lowest BCUT2D eigenvalue weighted by Gasteiger charge is -2.31. The van der Waals surface area contributed by atoms with Gasteiger partial charge >= 0.3 is 0 Å². The van der Waals surface area contributed by atoms with Gasteiger partial charge in [-0.05, 0) is 37.5 Å². The van der Waals surface area contributed by atoms with Gasteiger partial charge in [0.1, 0.15) is 10.8 Å². The van der Waals surface area contributed by atoms with Crippen molar-refractivity contribution in [3.8, 4) is 0 Å². The summed E-state index contributed by atoms with van der Waals surface area (Å²) in [5.74, 6) is -1.16. The summed E-state index contributed by atoms with van der Waals surface area (Å²) >= 11 is 1.44. The summed E-state index contributed by atoms with van der Waals surface area (Å²) in [5.41, 5.74) is -0.659. The minimum atomic E-state index is -2.40. The number of aromatic nitrogens is 2. The topological polar surface area (TPSA) is 29.0 Å². The second kappa shape index (κ2) is 4.45. The third-order valence-electron chi connectivity index (χ3n) is 4.38. The zero-order chi connectivity index (χ0) is 13.7. The number of nitrogens with zero attached hydrogens (tertiary/aromatic N) is 3. The van der Waals surface area contributed by atoms with E-state index in [1.54, 1.807) is 0 Å². The van der Waals surface area contributed by atoms with Crippen molar-refractivity contribution in [2.45, 2.75) is 51.5 Å². The third-order valence-corrected chi connectivity index (χ3v) is 5.09. The van der Waals surface area contributed by atoms with Crippen LogP contribution < -0.4 is 0 Å². The van der Waals surface area contributed by atoms with Gasteiger partial charge in [0.15, 0.2) is 0 Å². The van der Waals surface area contributed by atoms with Crippen LogP contribution in [0.1, 0.15) is 49.9 Å². The quantitative estimate of drug-likeness (QED) is 0.854. The van der Waals surface area contributed by atoms with E-state index >= 15 is 0 Å². The molecular formula is C13H19F2N3S. The predicted octanol–water partition coefficient (Wildman–Crippen LogP) is 3.28. The van der Waals surface area contributed by atoms with Crippen molar-refractivity contribution in [2.24, 2.45) is 5.41 Å². The molecule has 3 rings (SSSR count). The van der Waals surface area contributed by atoms with Crippen LogP contribution in [-0.2, 0) is 6.54 Å². The van der Waals surface area contributed by atoms with Crippen LogP contribution in [0.25, 0.3) is 0 Å². The highest BCUT2D eigenvalue weighted by atomic mass is 32.1. The molecule has 0 N–H and O–H groups in total. The van der Waals surface area contributed by atoms with E-state index < -0.39 is 11.3 Å². The molecule has 1 spiro atoms. The Bertz CT molecular complexity index is 464. The molecule has 1 saturated heterocycles. The van der Waals surface area contributed by atoms with Crippen molar-refractivity contribution < 1.29 is 8.78 Å². The maximum absolute atomic E-state index is 13.3. The average Bonchev–Trinajstić information content (AvgIpc) is 2.74. The minimum Gasteiger partial charge on any atom is -0.297 e. The molecule has 19 heavy (non-hydrogen) atoms. The van der Waals surface area contributed by atoms with Gasteiger partial charge in [-0.25, -0.2) is 13.8 Å². The van der Waals surface area contributed by atoms with Gasteiger partial charge in [0.25, 0.3) is 5.92 Å². The molecular weight excluding hydrogens is 268 g/mol. The summed E-state index contributed by atoms with van der Waals surface area (Å²) in [7, 11) is 0. The Morgan fingerprint density at radius 3 is 2.42 bits per heavy atom. The molecule has 1 saturated carbocycles. The van der Waals surface area contributed by atoms with Crippen LogP contribution in [0.3, 0.4) is 0 Å². The average molecular weight is 287 g/mol. The van der Waals surface area contributed by atoms with E-state index in [1.807, 2.05) is 0 Å². The SMILES string of the molecule is CC(C)c1nsc(CN2CCC3(CC2)CC3(F)F)n1. The van der Waals surface area contributed by atoms with Gasteiger partial charge in [0.05, 0.1) is 6.54 Å². The zero-order valence-electron chi connectivity index (χ0n) is 11.3. The van der Waals surface area contributed by atoms with Gasteiger partial charge < -0.3 is 0 Å². The Morgan fingerprint density at radius 1 is 1.32 bits per heavy atom. The van der Waals surface area contributed by atoms with E-state index in [0.717, 1.165) is 30.5 Å². The first-order valence-corrected chi connectivity index (χ1v) is 7.62. The molecule has 0 amide bonds. The smallest absolute Gasteiger partial charge is 0.254 e. The van der Waals surface area contributed by atoms with Gasteiger partial charge in [0, 0.05) is 17.8 Å². The first kappa shape index (κ1) is 13.4. The van der Waals surface area contributed by atoms with Crippen molar-refractivity contribution in [1.29, 1.82) is 0 Å². The third kappa shape index (κ3) is 2.40. The van der Waals surface area contributed by atoms with Gasteiger partial charge in [-0.2, -0.15) is 4.37 Å². The summed E-state index contributed by atoms with van der Waals surface area (Å²) in [6.07, 6.45) is 1.34.